The number of ether oxygens (including phenoxy) is 3. The third-order valence-corrected chi connectivity index (χ3v) is 7.32. The van der Waals surface area contributed by atoms with Gasteiger partial charge in [0.15, 0.2) is 0 Å². The minimum Gasteiger partial charge on any atom is -0.486 e. The van der Waals surface area contributed by atoms with Crippen LogP contribution < -0.4 is 4.74 Å². The van der Waals surface area contributed by atoms with Gasteiger partial charge < -0.3 is 19.1 Å². The minimum absolute atomic E-state index is 0.0499. The van der Waals surface area contributed by atoms with E-state index in [4.69, 9.17) is 25.8 Å². The molecule has 1 aromatic carbocycles. The van der Waals surface area contributed by atoms with Crippen molar-refractivity contribution in [2.24, 2.45) is 11.8 Å². The maximum absolute atomic E-state index is 12.9. The molecule has 4 aliphatic rings. The molecule has 152 valence electrons. The van der Waals surface area contributed by atoms with Crippen LogP contribution in [0.3, 0.4) is 0 Å². The van der Waals surface area contributed by atoms with Gasteiger partial charge in [0.1, 0.15) is 11.4 Å². The SMILES string of the molecule is O=C(C1CCOCC1)N1CCC2(CC1)Oc1ccc(Cl)cc1[C@H]1OCCC[C@@H]12. The summed E-state index contributed by atoms with van der Waals surface area (Å²) in [6.07, 6.45) is 5.65. The number of carbonyl (C=O) groups excluding carboxylic acids is 1. The van der Waals surface area contributed by atoms with Gasteiger partial charge in [0.25, 0.3) is 0 Å². The van der Waals surface area contributed by atoms with E-state index in [1.165, 1.54) is 0 Å². The lowest BCUT2D eigenvalue weighted by molar-refractivity contribution is -0.160. The summed E-state index contributed by atoms with van der Waals surface area (Å²) in [5.74, 6) is 1.66. The number of amides is 1. The summed E-state index contributed by atoms with van der Waals surface area (Å²) in [4.78, 5) is 15.0. The molecule has 28 heavy (non-hydrogen) atoms. The molecule has 0 aliphatic carbocycles. The van der Waals surface area contributed by atoms with Crippen LogP contribution in [0.25, 0.3) is 0 Å². The van der Waals surface area contributed by atoms with Crippen LogP contribution in [0.4, 0.5) is 0 Å². The highest BCUT2D eigenvalue weighted by Gasteiger charge is 2.53. The molecular weight excluding hydrogens is 378 g/mol. The van der Waals surface area contributed by atoms with E-state index in [0.717, 1.165) is 74.6 Å². The predicted octanol–water partition coefficient (Wildman–Crippen LogP) is 3.99. The first-order valence-electron chi connectivity index (χ1n) is 10.6. The number of carbonyl (C=O) groups is 1. The topological polar surface area (TPSA) is 48.0 Å². The van der Waals surface area contributed by atoms with Crippen LogP contribution in [0.1, 0.15) is 50.2 Å². The van der Waals surface area contributed by atoms with Crippen molar-refractivity contribution in [3.05, 3.63) is 28.8 Å². The van der Waals surface area contributed by atoms with Crippen LogP contribution in [0, 0.1) is 11.8 Å². The Balaban J connectivity index is 1.35. The molecule has 3 saturated heterocycles. The van der Waals surface area contributed by atoms with Gasteiger partial charge in [-0.15, -0.1) is 0 Å². The maximum Gasteiger partial charge on any atom is 0.225 e. The highest BCUT2D eigenvalue weighted by atomic mass is 35.5. The number of rotatable bonds is 1. The monoisotopic (exact) mass is 405 g/mol. The predicted molar refractivity (Wildman–Crippen MR) is 106 cm³/mol. The lowest BCUT2D eigenvalue weighted by Crippen LogP contribution is -2.58. The first kappa shape index (κ1) is 18.7. The lowest BCUT2D eigenvalue weighted by Gasteiger charge is -2.53. The Hall–Kier alpha value is -1.30. The van der Waals surface area contributed by atoms with Crippen molar-refractivity contribution in [1.82, 2.24) is 4.90 Å². The molecule has 0 N–H and O–H groups in total. The fraction of sp³-hybridized carbons (Fsp3) is 0.682. The average molecular weight is 406 g/mol. The second kappa shape index (κ2) is 7.51. The summed E-state index contributed by atoms with van der Waals surface area (Å²) in [5, 5.41) is 0.725. The molecule has 4 heterocycles. The van der Waals surface area contributed by atoms with E-state index in [1.54, 1.807) is 0 Å². The Morgan fingerprint density at radius 3 is 2.68 bits per heavy atom. The maximum atomic E-state index is 12.9. The first-order chi connectivity index (χ1) is 13.7. The van der Waals surface area contributed by atoms with Gasteiger partial charge in [0.05, 0.1) is 6.10 Å². The zero-order valence-electron chi connectivity index (χ0n) is 16.2. The number of nitrogens with zero attached hydrogens (tertiary/aromatic N) is 1. The van der Waals surface area contributed by atoms with E-state index in [2.05, 4.69) is 4.90 Å². The van der Waals surface area contributed by atoms with Crippen LogP contribution >= 0.6 is 11.6 Å². The Morgan fingerprint density at radius 2 is 1.89 bits per heavy atom. The van der Waals surface area contributed by atoms with Crippen LogP contribution in [-0.4, -0.2) is 49.3 Å². The molecule has 1 spiro atoms. The van der Waals surface area contributed by atoms with E-state index < -0.39 is 0 Å². The number of hydrogen-bond donors (Lipinski definition) is 0. The van der Waals surface area contributed by atoms with Gasteiger partial charge in [-0.1, -0.05) is 11.6 Å². The Labute approximate surface area is 171 Å². The second-order valence-electron chi connectivity index (χ2n) is 8.60. The molecule has 1 aromatic rings. The first-order valence-corrected chi connectivity index (χ1v) is 11.0. The molecule has 3 fully saturated rings. The quantitative estimate of drug-likeness (QED) is 0.708. The number of benzene rings is 1. The molecule has 1 amide bonds. The van der Waals surface area contributed by atoms with Gasteiger partial charge in [-0.05, 0) is 43.9 Å². The van der Waals surface area contributed by atoms with Gasteiger partial charge in [-0.2, -0.15) is 0 Å². The third kappa shape index (κ3) is 3.21. The summed E-state index contributed by atoms with van der Waals surface area (Å²) in [6, 6.07) is 5.87. The molecule has 0 unspecified atom stereocenters. The molecule has 5 nitrogen and oxygen atoms in total. The molecule has 5 rings (SSSR count). The normalized spacial score (nSPS) is 29.7. The lowest BCUT2D eigenvalue weighted by atomic mass is 9.70. The fourth-order valence-electron chi connectivity index (χ4n) is 5.54. The zero-order valence-corrected chi connectivity index (χ0v) is 17.0. The zero-order chi connectivity index (χ0) is 19.1. The summed E-state index contributed by atoms with van der Waals surface area (Å²) < 4.78 is 18.3. The number of hydrogen-bond acceptors (Lipinski definition) is 4. The van der Waals surface area contributed by atoms with Crippen LogP contribution in [0.5, 0.6) is 5.75 Å². The third-order valence-electron chi connectivity index (χ3n) is 7.08. The fourth-order valence-corrected chi connectivity index (χ4v) is 5.72. The summed E-state index contributed by atoms with van der Waals surface area (Å²) in [5.41, 5.74) is 0.849. The molecule has 0 radical (unpaired) electrons. The summed E-state index contributed by atoms with van der Waals surface area (Å²) >= 11 is 6.25. The van der Waals surface area contributed by atoms with Crippen LogP contribution in [-0.2, 0) is 14.3 Å². The highest BCUT2D eigenvalue weighted by Crippen LogP contribution is 2.53. The standard InChI is InChI=1S/C22H28ClNO4/c23-16-3-4-19-17(14-16)20-18(2-1-11-27-20)22(28-19)7-9-24(10-8-22)21(25)15-5-12-26-13-6-15/h3-4,14-15,18,20H,1-2,5-13H2/t18-,20+/m0/s1. The van der Waals surface area contributed by atoms with E-state index in [-0.39, 0.29) is 17.6 Å². The van der Waals surface area contributed by atoms with E-state index in [0.29, 0.717) is 25.0 Å². The smallest absolute Gasteiger partial charge is 0.225 e. The Kier molecular flexibility index (Phi) is 5.02. The van der Waals surface area contributed by atoms with Crippen molar-refractivity contribution < 1.29 is 19.0 Å². The van der Waals surface area contributed by atoms with Crippen molar-refractivity contribution in [2.75, 3.05) is 32.9 Å². The summed E-state index contributed by atoms with van der Waals surface area (Å²) in [6.45, 7) is 3.73. The Bertz CT molecular complexity index is 740. The number of piperidine rings is 1. The van der Waals surface area contributed by atoms with Crippen molar-refractivity contribution in [3.63, 3.8) is 0 Å². The van der Waals surface area contributed by atoms with Crippen LogP contribution in [0.15, 0.2) is 18.2 Å². The summed E-state index contributed by atoms with van der Waals surface area (Å²) in [7, 11) is 0. The van der Waals surface area contributed by atoms with Gasteiger partial charge >= 0.3 is 0 Å². The highest BCUT2D eigenvalue weighted by molar-refractivity contribution is 6.30. The molecule has 0 bridgehead atoms. The molecule has 6 heteroatoms. The number of fused-ring (bicyclic) bond motifs is 4. The number of halogens is 1. The van der Waals surface area contributed by atoms with E-state index in [1.807, 2.05) is 18.2 Å². The van der Waals surface area contributed by atoms with Crippen molar-refractivity contribution in [3.8, 4) is 5.75 Å². The molecule has 0 saturated carbocycles. The van der Waals surface area contributed by atoms with Crippen molar-refractivity contribution >= 4 is 17.5 Å². The van der Waals surface area contributed by atoms with Crippen molar-refractivity contribution in [2.45, 2.75) is 50.2 Å². The van der Waals surface area contributed by atoms with E-state index in [9.17, 15) is 4.79 Å². The van der Waals surface area contributed by atoms with Gasteiger partial charge in [-0.3, -0.25) is 4.79 Å². The van der Waals surface area contributed by atoms with E-state index >= 15 is 0 Å². The van der Waals surface area contributed by atoms with Crippen molar-refractivity contribution in [1.29, 1.82) is 0 Å². The molecule has 2 atom stereocenters. The second-order valence-corrected chi connectivity index (χ2v) is 9.04. The van der Waals surface area contributed by atoms with Gasteiger partial charge in [-0.25, -0.2) is 0 Å². The van der Waals surface area contributed by atoms with Gasteiger partial charge in [0, 0.05) is 68.2 Å². The average Bonchev–Trinajstić information content (AvgIpc) is 2.75. The van der Waals surface area contributed by atoms with Crippen LogP contribution in [0.2, 0.25) is 5.02 Å². The largest absolute Gasteiger partial charge is 0.486 e. The number of likely N-dealkylation sites (tertiary alicyclic amines) is 1. The van der Waals surface area contributed by atoms with Gasteiger partial charge in [0.2, 0.25) is 5.91 Å². The minimum atomic E-state index is -0.238. The Morgan fingerprint density at radius 1 is 1.11 bits per heavy atom. The molecule has 0 aromatic heterocycles. The molecule has 4 aliphatic heterocycles. The molecular formula is C22H28ClNO4.